The van der Waals surface area contributed by atoms with Crippen molar-refractivity contribution < 1.29 is 9.90 Å². The molecule has 182 valence electrons. The molecule has 0 saturated carbocycles. The second kappa shape index (κ2) is 18.8. The van der Waals surface area contributed by atoms with Crippen molar-refractivity contribution in [3.63, 3.8) is 0 Å². The maximum absolute atomic E-state index is 10.7. The van der Waals surface area contributed by atoms with Gasteiger partial charge >= 0.3 is 5.97 Å². The fourth-order valence-corrected chi connectivity index (χ4v) is 5.79. The summed E-state index contributed by atoms with van der Waals surface area (Å²) in [5, 5.41) is 8.80. The molecule has 0 radical (unpaired) electrons. The van der Waals surface area contributed by atoms with Gasteiger partial charge in [0.25, 0.3) is 0 Å². The largest absolute Gasteiger partial charge is 0.481 e. The highest BCUT2D eigenvalue weighted by Gasteiger charge is 2.34. The molecule has 0 amide bonds. The third kappa shape index (κ3) is 12.7. The van der Waals surface area contributed by atoms with Crippen LogP contribution in [0.15, 0.2) is 12.2 Å². The zero-order valence-corrected chi connectivity index (χ0v) is 21.3. The molecule has 0 aromatic rings. The third-order valence-corrected chi connectivity index (χ3v) is 7.69. The van der Waals surface area contributed by atoms with E-state index >= 15 is 0 Å². The van der Waals surface area contributed by atoms with Crippen LogP contribution in [0.25, 0.3) is 0 Å². The fourth-order valence-electron chi connectivity index (χ4n) is 5.79. The first-order valence-electron chi connectivity index (χ1n) is 14.0. The highest BCUT2D eigenvalue weighted by Crippen LogP contribution is 2.43. The molecule has 1 rings (SSSR count). The Morgan fingerprint density at radius 2 is 1.06 bits per heavy atom. The van der Waals surface area contributed by atoms with Gasteiger partial charge < -0.3 is 5.11 Å². The topological polar surface area (TPSA) is 37.3 Å². The lowest BCUT2D eigenvalue weighted by molar-refractivity contribution is -0.137. The predicted octanol–water partition coefficient (Wildman–Crippen LogP) is 9.58. The molecule has 0 saturated heterocycles. The summed E-state index contributed by atoms with van der Waals surface area (Å²) in [6.07, 6.45) is 29.3. The van der Waals surface area contributed by atoms with Gasteiger partial charge in [0.05, 0.1) is 0 Å². The van der Waals surface area contributed by atoms with E-state index in [1.807, 2.05) is 0 Å². The average Bonchev–Trinajstić information content (AvgIpc) is 2.76. The normalized spacial score (nSPS) is 23.3. The van der Waals surface area contributed by atoms with Crippen molar-refractivity contribution in [2.75, 3.05) is 0 Å². The van der Waals surface area contributed by atoms with Crippen molar-refractivity contribution in [2.45, 2.75) is 143 Å². The molecule has 0 bridgehead atoms. The summed E-state index contributed by atoms with van der Waals surface area (Å²) in [4.78, 5) is 10.7. The highest BCUT2D eigenvalue weighted by atomic mass is 16.4. The van der Waals surface area contributed by atoms with E-state index in [1.54, 1.807) is 0 Å². The number of carboxylic acids is 1. The van der Waals surface area contributed by atoms with Gasteiger partial charge in [0.1, 0.15) is 0 Å². The number of allylic oxidation sites excluding steroid dienone is 2. The van der Waals surface area contributed by atoms with E-state index in [0.717, 1.165) is 36.5 Å². The number of unbranched alkanes of at least 4 members (excludes halogenated alkanes) is 11. The summed E-state index contributed by atoms with van der Waals surface area (Å²) in [5.41, 5.74) is 0. The monoisotopic (exact) mass is 434 g/mol. The molecule has 0 fully saturated rings. The molecule has 0 aromatic carbocycles. The molecule has 0 spiro atoms. The Morgan fingerprint density at radius 3 is 1.65 bits per heavy atom. The van der Waals surface area contributed by atoms with Gasteiger partial charge in [0, 0.05) is 6.42 Å². The van der Waals surface area contributed by atoms with Gasteiger partial charge in [-0.2, -0.15) is 0 Å². The summed E-state index contributed by atoms with van der Waals surface area (Å²) in [5.74, 6) is 2.71. The Labute approximate surface area is 194 Å². The SMILES string of the molecule is CCCCCCCC1C(CCCCCC)C=CC(CC)C1CCCCCCCC(=O)O. The first kappa shape index (κ1) is 28.2. The Bertz CT molecular complexity index is 456. The van der Waals surface area contributed by atoms with Crippen molar-refractivity contribution in [1.29, 1.82) is 0 Å². The van der Waals surface area contributed by atoms with Crippen LogP contribution >= 0.6 is 0 Å². The minimum atomic E-state index is -0.647. The van der Waals surface area contributed by atoms with Gasteiger partial charge in [-0.25, -0.2) is 0 Å². The van der Waals surface area contributed by atoms with Gasteiger partial charge in [-0.3, -0.25) is 4.79 Å². The molecule has 0 aliphatic heterocycles. The van der Waals surface area contributed by atoms with Crippen LogP contribution < -0.4 is 0 Å². The van der Waals surface area contributed by atoms with Crippen LogP contribution in [0, 0.1) is 23.7 Å². The Morgan fingerprint density at radius 1 is 0.613 bits per heavy atom. The Kier molecular flexibility index (Phi) is 17.1. The molecule has 0 heterocycles. The van der Waals surface area contributed by atoms with Crippen LogP contribution in [0.2, 0.25) is 0 Å². The smallest absolute Gasteiger partial charge is 0.303 e. The van der Waals surface area contributed by atoms with Crippen molar-refractivity contribution >= 4 is 5.97 Å². The molecule has 1 aliphatic rings. The average molecular weight is 435 g/mol. The van der Waals surface area contributed by atoms with Gasteiger partial charge in [-0.15, -0.1) is 0 Å². The minimum Gasteiger partial charge on any atom is -0.481 e. The van der Waals surface area contributed by atoms with E-state index in [1.165, 1.54) is 103 Å². The van der Waals surface area contributed by atoms with Gasteiger partial charge in [-0.1, -0.05) is 116 Å². The summed E-state index contributed by atoms with van der Waals surface area (Å²) in [6, 6.07) is 0. The number of carboxylic acid groups (broad SMARTS) is 1. The Balaban J connectivity index is 2.58. The van der Waals surface area contributed by atoms with Gasteiger partial charge in [0.15, 0.2) is 0 Å². The zero-order valence-electron chi connectivity index (χ0n) is 21.3. The molecule has 4 unspecified atom stereocenters. The fraction of sp³-hybridized carbons (Fsp3) is 0.897. The summed E-state index contributed by atoms with van der Waals surface area (Å²) in [7, 11) is 0. The van der Waals surface area contributed by atoms with Crippen LogP contribution in [0.4, 0.5) is 0 Å². The number of rotatable bonds is 20. The van der Waals surface area contributed by atoms with E-state index in [9.17, 15) is 4.79 Å². The molecule has 0 aromatic heterocycles. The second-order valence-corrected chi connectivity index (χ2v) is 10.2. The lowest BCUT2D eigenvalue weighted by Gasteiger charge is -2.40. The molecule has 2 heteroatoms. The Hall–Kier alpha value is -0.790. The number of hydrogen-bond donors (Lipinski definition) is 1. The first-order valence-corrected chi connectivity index (χ1v) is 14.0. The standard InChI is InChI=1S/C29H54O2/c1-4-7-9-12-16-21-28-26(19-15-10-8-5-2)24-23-25(6-3)27(28)20-17-13-11-14-18-22-29(30)31/h23-28H,4-22H2,1-3H3,(H,30,31). The number of aliphatic carboxylic acids is 1. The maximum atomic E-state index is 10.7. The van der Waals surface area contributed by atoms with Crippen molar-refractivity contribution in [3.8, 4) is 0 Å². The predicted molar refractivity (Wildman–Crippen MR) is 135 cm³/mol. The maximum Gasteiger partial charge on any atom is 0.303 e. The first-order chi connectivity index (χ1) is 15.1. The van der Waals surface area contributed by atoms with Crippen LogP contribution in [0.1, 0.15) is 143 Å². The molecule has 4 atom stereocenters. The van der Waals surface area contributed by atoms with Crippen molar-refractivity contribution in [1.82, 2.24) is 0 Å². The number of carbonyl (C=O) groups is 1. The molecular formula is C29H54O2. The summed E-state index contributed by atoms with van der Waals surface area (Å²) >= 11 is 0. The third-order valence-electron chi connectivity index (χ3n) is 7.69. The lowest BCUT2D eigenvalue weighted by atomic mass is 9.65. The van der Waals surface area contributed by atoms with Gasteiger partial charge in [0.2, 0.25) is 0 Å². The van der Waals surface area contributed by atoms with E-state index in [0.29, 0.717) is 6.42 Å². The highest BCUT2D eigenvalue weighted by molar-refractivity contribution is 5.66. The number of hydrogen-bond acceptors (Lipinski definition) is 1. The van der Waals surface area contributed by atoms with Crippen molar-refractivity contribution in [3.05, 3.63) is 12.2 Å². The minimum absolute atomic E-state index is 0.338. The van der Waals surface area contributed by atoms with E-state index in [2.05, 4.69) is 32.9 Å². The molecule has 2 nitrogen and oxygen atoms in total. The molecule has 1 aliphatic carbocycles. The van der Waals surface area contributed by atoms with Crippen LogP contribution in [0.5, 0.6) is 0 Å². The van der Waals surface area contributed by atoms with E-state index in [-0.39, 0.29) is 0 Å². The summed E-state index contributed by atoms with van der Waals surface area (Å²) < 4.78 is 0. The lowest BCUT2D eigenvalue weighted by Crippen LogP contribution is -2.31. The van der Waals surface area contributed by atoms with E-state index < -0.39 is 5.97 Å². The summed E-state index contributed by atoms with van der Waals surface area (Å²) in [6.45, 7) is 7.00. The second-order valence-electron chi connectivity index (χ2n) is 10.2. The van der Waals surface area contributed by atoms with Crippen molar-refractivity contribution in [2.24, 2.45) is 23.7 Å². The quantitative estimate of drug-likeness (QED) is 0.153. The van der Waals surface area contributed by atoms with Crippen LogP contribution in [0.3, 0.4) is 0 Å². The van der Waals surface area contributed by atoms with E-state index in [4.69, 9.17) is 5.11 Å². The molecular weight excluding hydrogens is 380 g/mol. The van der Waals surface area contributed by atoms with Gasteiger partial charge in [-0.05, 0) is 55.8 Å². The zero-order chi connectivity index (χ0) is 22.7. The van der Waals surface area contributed by atoms with Crippen LogP contribution in [-0.4, -0.2) is 11.1 Å². The van der Waals surface area contributed by atoms with Crippen LogP contribution in [-0.2, 0) is 4.79 Å². The molecule has 31 heavy (non-hydrogen) atoms. The molecule has 1 N–H and O–H groups in total.